The summed E-state index contributed by atoms with van der Waals surface area (Å²) in [6.07, 6.45) is 0.908. The van der Waals surface area contributed by atoms with Crippen molar-refractivity contribution in [3.8, 4) is 22.9 Å². The van der Waals surface area contributed by atoms with Gasteiger partial charge in [0.25, 0.3) is 22.9 Å². The number of aromatic nitrogens is 4. The smallest absolute Gasteiger partial charge is 0.282 e. The number of nitrogens with zero attached hydrogens (tertiary/aromatic N) is 4. The number of hydrogen-bond donors (Lipinski definition) is 5. The minimum Gasteiger partial charge on any atom is -0.508 e. The molecule has 7 N–H and O–H groups in total. The number of rotatable bonds is 9. The van der Waals surface area contributed by atoms with E-state index in [1.165, 1.54) is 39.5 Å². The molecule has 16 heteroatoms. The van der Waals surface area contributed by atoms with E-state index in [2.05, 4.69) is 20.8 Å². The summed E-state index contributed by atoms with van der Waals surface area (Å²) in [5, 5.41) is 29.1. The molecule has 4 heterocycles. The molecule has 0 aliphatic carbocycles. The van der Waals surface area contributed by atoms with Gasteiger partial charge in [0.1, 0.15) is 11.5 Å². The third-order valence-corrected chi connectivity index (χ3v) is 8.90. The monoisotopic (exact) mass is 730 g/mol. The molecule has 2 amide bonds. The molecule has 2 aromatic carbocycles. The molecule has 6 rings (SSSR count). The number of nitrogens with two attached hydrogens (primary N) is 2. The highest BCUT2D eigenvalue weighted by Gasteiger charge is 2.22. The third-order valence-electron chi connectivity index (χ3n) is 7.28. The zero-order valence-corrected chi connectivity index (χ0v) is 30.2. The van der Waals surface area contributed by atoms with Gasteiger partial charge in [-0.15, -0.1) is 22.7 Å². The first-order valence-corrected chi connectivity index (χ1v) is 17.8. The van der Waals surface area contributed by atoms with Crippen molar-refractivity contribution in [1.29, 1.82) is 0 Å². The lowest BCUT2D eigenvalue weighted by Gasteiger charge is -2.12. The van der Waals surface area contributed by atoms with Crippen LogP contribution in [0.1, 0.15) is 62.0 Å². The predicted octanol–water partition coefficient (Wildman–Crippen LogP) is 4.83. The first kappa shape index (κ1) is 36.5. The summed E-state index contributed by atoms with van der Waals surface area (Å²) >= 11 is 2.42. The molecule has 0 aliphatic heterocycles. The molecule has 0 radical (unpaired) electrons. The van der Waals surface area contributed by atoms with Crippen molar-refractivity contribution in [2.45, 2.75) is 53.1 Å². The molecule has 0 atom stereocenters. The molecule has 0 spiro atoms. The second-order valence-electron chi connectivity index (χ2n) is 12.0. The number of thiophene rings is 2. The first-order chi connectivity index (χ1) is 24.3. The van der Waals surface area contributed by atoms with E-state index in [4.69, 9.17) is 16.2 Å². The van der Waals surface area contributed by atoms with Crippen LogP contribution in [0.25, 0.3) is 32.9 Å². The summed E-state index contributed by atoms with van der Waals surface area (Å²) in [7, 11) is 0. The number of amides is 2. The fourth-order valence-electron chi connectivity index (χ4n) is 4.99. The maximum atomic E-state index is 12.9. The lowest BCUT2D eigenvalue weighted by atomic mass is 10.2. The molecule has 0 fully saturated rings. The van der Waals surface area contributed by atoms with Gasteiger partial charge in [-0.2, -0.15) is 19.6 Å². The fourth-order valence-corrected chi connectivity index (χ4v) is 6.57. The number of benzene rings is 2. The number of phenolic OH excluding ortho intramolecular Hbond substituents is 1. The summed E-state index contributed by atoms with van der Waals surface area (Å²) < 4.78 is 7.91. The summed E-state index contributed by atoms with van der Waals surface area (Å²) in [6.45, 7) is 10.1. The van der Waals surface area contributed by atoms with Gasteiger partial charge < -0.3 is 31.9 Å². The van der Waals surface area contributed by atoms with Crippen molar-refractivity contribution in [3.05, 3.63) is 91.4 Å². The quantitative estimate of drug-likeness (QED) is 0.137. The van der Waals surface area contributed by atoms with Gasteiger partial charge in [0.05, 0.1) is 38.8 Å². The average molecular weight is 731 g/mol. The van der Waals surface area contributed by atoms with Gasteiger partial charge in [0, 0.05) is 33.6 Å². The largest absolute Gasteiger partial charge is 0.508 e. The summed E-state index contributed by atoms with van der Waals surface area (Å²) in [5.74, 6) is 0.0630. The SMILES string of the molecule is CC(C)NC(=O)c1nn(-c2ccc(O)cc2)c(=O)c2c(N)scc12.CCCOc1ccc(-n2nc(C(=O)NC(C)C)c3csc(N)c3c2=O)cc1. The van der Waals surface area contributed by atoms with Gasteiger partial charge in [-0.25, -0.2) is 0 Å². The second-order valence-corrected chi connectivity index (χ2v) is 13.8. The Balaban J connectivity index is 0.000000199. The van der Waals surface area contributed by atoms with E-state index in [9.17, 15) is 24.3 Å². The van der Waals surface area contributed by atoms with Gasteiger partial charge >= 0.3 is 0 Å². The van der Waals surface area contributed by atoms with E-state index >= 15 is 0 Å². The van der Waals surface area contributed by atoms with Crippen LogP contribution in [-0.2, 0) is 0 Å². The van der Waals surface area contributed by atoms with Gasteiger partial charge in [0.15, 0.2) is 11.4 Å². The molecule has 266 valence electrons. The van der Waals surface area contributed by atoms with Crippen molar-refractivity contribution in [2.24, 2.45) is 0 Å². The summed E-state index contributed by atoms with van der Waals surface area (Å²) in [6, 6.07) is 12.9. The highest BCUT2D eigenvalue weighted by atomic mass is 32.1. The number of hydrogen-bond acceptors (Lipinski definition) is 12. The molecule has 51 heavy (non-hydrogen) atoms. The van der Waals surface area contributed by atoms with E-state index in [1.807, 2.05) is 34.6 Å². The highest BCUT2D eigenvalue weighted by Crippen LogP contribution is 2.29. The Morgan fingerprint density at radius 3 is 1.57 bits per heavy atom. The third kappa shape index (κ3) is 7.86. The van der Waals surface area contributed by atoms with Gasteiger partial charge in [-0.3, -0.25) is 19.2 Å². The zero-order valence-electron chi connectivity index (χ0n) is 28.6. The molecule has 0 saturated heterocycles. The number of carbonyl (C=O) groups is 2. The molecule has 14 nitrogen and oxygen atoms in total. The van der Waals surface area contributed by atoms with Crippen molar-refractivity contribution in [3.63, 3.8) is 0 Å². The minimum atomic E-state index is -0.407. The topological polar surface area (TPSA) is 209 Å². The van der Waals surface area contributed by atoms with E-state index in [0.717, 1.165) is 11.1 Å². The van der Waals surface area contributed by atoms with Gasteiger partial charge in [-0.05, 0) is 82.6 Å². The molecule has 4 aromatic heterocycles. The molecule has 0 bridgehead atoms. The number of carbonyl (C=O) groups excluding carboxylic acids is 2. The van der Waals surface area contributed by atoms with Crippen molar-refractivity contribution in [1.82, 2.24) is 30.2 Å². The Labute approximate surface area is 300 Å². The van der Waals surface area contributed by atoms with Crippen LogP contribution < -0.4 is 38.0 Å². The standard InChI is InChI=1S/C19H22N4O3S.C16H16N4O3S/c1-4-9-26-13-7-5-12(6-8-13)23-19(25)15-14(10-27-17(15)20)16(22-23)18(24)21-11(2)3;1-8(2)18-15(22)13-11-7-24-14(17)12(11)16(23)20(19-13)9-3-5-10(21)6-4-9/h5-8,10-11H,4,9,20H2,1-3H3,(H,21,24);3-8,21H,17H2,1-2H3,(H,18,22). The molecule has 0 aliphatic rings. The number of phenols is 1. The molecular weight excluding hydrogens is 693 g/mol. The van der Waals surface area contributed by atoms with E-state index in [0.29, 0.717) is 49.9 Å². The van der Waals surface area contributed by atoms with Crippen molar-refractivity contribution >= 4 is 66.0 Å². The maximum Gasteiger partial charge on any atom is 0.282 e. The Morgan fingerprint density at radius 1 is 0.765 bits per heavy atom. The molecular formula is C35H38N8O6S2. The van der Waals surface area contributed by atoms with Crippen LogP contribution in [0.2, 0.25) is 0 Å². The van der Waals surface area contributed by atoms with Crippen LogP contribution in [0.3, 0.4) is 0 Å². The lowest BCUT2D eigenvalue weighted by molar-refractivity contribution is 0.0929. The van der Waals surface area contributed by atoms with Crippen LogP contribution in [0.5, 0.6) is 11.5 Å². The summed E-state index contributed by atoms with van der Waals surface area (Å²) in [4.78, 5) is 50.7. The van der Waals surface area contributed by atoms with E-state index in [1.54, 1.807) is 47.2 Å². The maximum absolute atomic E-state index is 12.9. The van der Waals surface area contributed by atoms with Gasteiger partial charge in [-0.1, -0.05) is 6.92 Å². The average Bonchev–Trinajstić information content (AvgIpc) is 3.67. The number of ether oxygens (including phenoxy) is 1. The Morgan fingerprint density at radius 2 is 1.18 bits per heavy atom. The van der Waals surface area contributed by atoms with Gasteiger partial charge in [0.2, 0.25) is 0 Å². The second kappa shape index (κ2) is 15.4. The number of nitrogens with one attached hydrogen (secondary N) is 2. The lowest BCUT2D eigenvalue weighted by Crippen LogP contribution is -2.33. The Kier molecular flexibility index (Phi) is 11.1. The van der Waals surface area contributed by atoms with Crippen molar-refractivity contribution in [2.75, 3.05) is 18.1 Å². The molecule has 6 aromatic rings. The van der Waals surface area contributed by atoms with Crippen LogP contribution in [0.15, 0.2) is 68.9 Å². The van der Waals surface area contributed by atoms with Crippen LogP contribution >= 0.6 is 22.7 Å². The Hall–Kier alpha value is -5.74. The number of nitrogen functional groups attached to an aromatic ring is 2. The minimum absolute atomic E-state index is 0.0549. The number of aromatic hydroxyl groups is 1. The summed E-state index contributed by atoms with van der Waals surface area (Å²) in [5.41, 5.74) is 12.4. The molecule has 0 saturated carbocycles. The van der Waals surface area contributed by atoms with Crippen LogP contribution in [0, 0.1) is 0 Å². The Bertz CT molecular complexity index is 2320. The van der Waals surface area contributed by atoms with Crippen molar-refractivity contribution < 1.29 is 19.4 Å². The number of fused-ring (bicyclic) bond motifs is 2. The molecule has 0 unspecified atom stereocenters. The normalized spacial score (nSPS) is 11.1. The van der Waals surface area contributed by atoms with E-state index < -0.39 is 5.56 Å². The van der Waals surface area contributed by atoms with E-state index in [-0.39, 0.29) is 52.0 Å². The predicted molar refractivity (Wildman–Crippen MR) is 202 cm³/mol. The highest BCUT2D eigenvalue weighted by molar-refractivity contribution is 7.16. The fraction of sp³-hybridized carbons (Fsp3) is 0.257. The van der Waals surface area contributed by atoms with Crippen LogP contribution in [-0.4, -0.2) is 55.2 Å². The zero-order chi connectivity index (χ0) is 37.0. The number of anilines is 2. The first-order valence-electron chi connectivity index (χ1n) is 16.0. The van der Waals surface area contributed by atoms with Crippen LogP contribution in [0.4, 0.5) is 10.0 Å².